The minimum absolute atomic E-state index is 0.139. The van der Waals surface area contributed by atoms with Gasteiger partial charge in [0.25, 0.3) is 0 Å². The van der Waals surface area contributed by atoms with E-state index in [0.29, 0.717) is 28.5 Å². The molecule has 0 bridgehead atoms. The van der Waals surface area contributed by atoms with Crippen LogP contribution >= 0.6 is 0 Å². The number of methoxy groups -OCH3 is 3. The van der Waals surface area contributed by atoms with E-state index in [-0.39, 0.29) is 23.0 Å². The molecule has 7 nitrogen and oxygen atoms in total. The van der Waals surface area contributed by atoms with Crippen molar-refractivity contribution in [1.29, 1.82) is 0 Å². The topological polar surface area (TPSA) is 88.6 Å². The van der Waals surface area contributed by atoms with Crippen LogP contribution in [0.25, 0.3) is 5.69 Å². The SMILES string of the molecule is COc1cc(C(=O)c2cnn(-c3ccc(F)cc3)c2N)cc(OC)c1OC. The number of benzene rings is 2. The van der Waals surface area contributed by atoms with Gasteiger partial charge in [0.15, 0.2) is 17.3 Å². The van der Waals surface area contributed by atoms with Crippen LogP contribution in [0.3, 0.4) is 0 Å². The molecule has 0 atom stereocenters. The predicted octanol–water partition coefficient (Wildman–Crippen LogP) is 2.85. The van der Waals surface area contributed by atoms with Gasteiger partial charge in [0.05, 0.1) is 38.8 Å². The molecule has 0 saturated carbocycles. The lowest BCUT2D eigenvalue weighted by molar-refractivity contribution is 0.103. The third-order valence-corrected chi connectivity index (χ3v) is 4.05. The maximum absolute atomic E-state index is 13.1. The van der Waals surface area contributed by atoms with E-state index >= 15 is 0 Å². The van der Waals surface area contributed by atoms with E-state index in [1.165, 1.54) is 56.5 Å². The molecule has 3 rings (SSSR count). The maximum atomic E-state index is 13.1. The molecule has 2 N–H and O–H groups in total. The number of nitrogens with two attached hydrogens (primary N) is 1. The largest absolute Gasteiger partial charge is 0.493 e. The highest BCUT2D eigenvalue weighted by atomic mass is 19.1. The van der Waals surface area contributed by atoms with Gasteiger partial charge in [-0.3, -0.25) is 4.79 Å². The second kappa shape index (κ2) is 7.36. The second-order valence-corrected chi connectivity index (χ2v) is 5.57. The number of nitrogen functional groups attached to an aromatic ring is 1. The van der Waals surface area contributed by atoms with E-state index in [9.17, 15) is 9.18 Å². The molecule has 8 heteroatoms. The van der Waals surface area contributed by atoms with E-state index in [1.54, 1.807) is 12.1 Å². The van der Waals surface area contributed by atoms with Crippen molar-refractivity contribution in [3.05, 3.63) is 59.5 Å². The van der Waals surface area contributed by atoms with Gasteiger partial charge in [-0.05, 0) is 36.4 Å². The summed E-state index contributed by atoms with van der Waals surface area (Å²) in [7, 11) is 4.41. The number of anilines is 1. The lowest BCUT2D eigenvalue weighted by Gasteiger charge is -2.13. The standard InChI is InChI=1S/C19H18FN3O4/c1-25-15-8-11(9-16(26-2)18(15)27-3)17(24)14-10-22-23(19(14)21)13-6-4-12(20)5-7-13/h4-10H,21H2,1-3H3. The molecule has 0 saturated heterocycles. The first-order valence-corrected chi connectivity index (χ1v) is 7.94. The van der Waals surface area contributed by atoms with Crippen molar-refractivity contribution in [3.8, 4) is 22.9 Å². The van der Waals surface area contributed by atoms with Crippen molar-refractivity contribution in [3.63, 3.8) is 0 Å². The number of carbonyl (C=O) groups excluding carboxylic acids is 1. The summed E-state index contributed by atoms with van der Waals surface area (Å²) in [5.41, 5.74) is 7.15. The van der Waals surface area contributed by atoms with E-state index in [2.05, 4.69) is 5.10 Å². The van der Waals surface area contributed by atoms with Crippen molar-refractivity contribution in [2.45, 2.75) is 0 Å². The van der Waals surface area contributed by atoms with Gasteiger partial charge in [-0.2, -0.15) is 5.10 Å². The molecule has 0 fully saturated rings. The Bertz CT molecular complexity index is 958. The quantitative estimate of drug-likeness (QED) is 0.671. The van der Waals surface area contributed by atoms with Crippen LogP contribution in [-0.2, 0) is 0 Å². The van der Waals surface area contributed by atoms with Gasteiger partial charge in [0, 0.05) is 5.56 Å². The Balaban J connectivity index is 2.03. The van der Waals surface area contributed by atoms with Crippen LogP contribution in [0.4, 0.5) is 10.2 Å². The van der Waals surface area contributed by atoms with Gasteiger partial charge in [-0.25, -0.2) is 9.07 Å². The van der Waals surface area contributed by atoms with Gasteiger partial charge in [0.2, 0.25) is 5.75 Å². The Hall–Kier alpha value is -3.55. The number of rotatable bonds is 6. The molecule has 27 heavy (non-hydrogen) atoms. The number of nitrogens with zero attached hydrogens (tertiary/aromatic N) is 2. The zero-order chi connectivity index (χ0) is 19.6. The van der Waals surface area contributed by atoms with E-state index in [0.717, 1.165) is 0 Å². The highest BCUT2D eigenvalue weighted by Crippen LogP contribution is 2.39. The molecule has 1 heterocycles. The number of hydrogen-bond acceptors (Lipinski definition) is 6. The normalized spacial score (nSPS) is 10.5. The number of aromatic nitrogens is 2. The third kappa shape index (κ3) is 3.29. The van der Waals surface area contributed by atoms with Crippen LogP contribution in [0.15, 0.2) is 42.6 Å². The lowest BCUT2D eigenvalue weighted by atomic mass is 10.0. The molecular weight excluding hydrogens is 353 g/mol. The molecule has 0 spiro atoms. The van der Waals surface area contributed by atoms with Gasteiger partial charge >= 0.3 is 0 Å². The fourth-order valence-electron chi connectivity index (χ4n) is 2.69. The summed E-state index contributed by atoms with van der Waals surface area (Å²) in [6.45, 7) is 0. The predicted molar refractivity (Wildman–Crippen MR) is 97.5 cm³/mol. The molecule has 0 aliphatic rings. The number of halogens is 1. The Kier molecular flexibility index (Phi) is 4.98. The monoisotopic (exact) mass is 371 g/mol. The fourth-order valence-corrected chi connectivity index (χ4v) is 2.69. The molecule has 0 aliphatic heterocycles. The van der Waals surface area contributed by atoms with Crippen LogP contribution in [0, 0.1) is 5.82 Å². The summed E-state index contributed by atoms with van der Waals surface area (Å²) in [5.74, 6) is 0.486. The Morgan fingerprint density at radius 3 is 2.15 bits per heavy atom. The zero-order valence-electron chi connectivity index (χ0n) is 15.0. The molecule has 0 amide bonds. The average molecular weight is 371 g/mol. The summed E-state index contributed by atoms with van der Waals surface area (Å²) in [5, 5.41) is 4.14. The van der Waals surface area contributed by atoms with Gasteiger partial charge in [-0.1, -0.05) is 0 Å². The van der Waals surface area contributed by atoms with Gasteiger partial charge in [0.1, 0.15) is 11.6 Å². The first kappa shape index (κ1) is 18.2. The summed E-state index contributed by atoms with van der Waals surface area (Å²) in [4.78, 5) is 13.0. The maximum Gasteiger partial charge on any atom is 0.203 e. The van der Waals surface area contributed by atoms with Crippen LogP contribution in [0.2, 0.25) is 0 Å². The summed E-state index contributed by atoms with van der Waals surface area (Å²) in [6.07, 6.45) is 1.37. The number of carbonyl (C=O) groups is 1. The fraction of sp³-hybridized carbons (Fsp3) is 0.158. The summed E-state index contributed by atoms with van der Waals surface area (Å²) < 4.78 is 30.3. The zero-order valence-corrected chi connectivity index (χ0v) is 15.0. The van der Waals surface area contributed by atoms with Crippen molar-refractivity contribution < 1.29 is 23.4 Å². The van der Waals surface area contributed by atoms with Crippen LogP contribution < -0.4 is 19.9 Å². The van der Waals surface area contributed by atoms with E-state index in [1.807, 2.05) is 0 Å². The van der Waals surface area contributed by atoms with Crippen LogP contribution in [0.1, 0.15) is 15.9 Å². The minimum Gasteiger partial charge on any atom is -0.493 e. The molecule has 2 aromatic carbocycles. The first-order chi connectivity index (χ1) is 13.0. The Labute approximate surface area is 155 Å². The van der Waals surface area contributed by atoms with Crippen LogP contribution in [0.5, 0.6) is 17.2 Å². The molecule has 0 aliphatic carbocycles. The number of ether oxygens (including phenoxy) is 3. The highest BCUT2D eigenvalue weighted by Gasteiger charge is 2.22. The van der Waals surface area contributed by atoms with Crippen molar-refractivity contribution in [2.75, 3.05) is 27.1 Å². The van der Waals surface area contributed by atoms with Crippen molar-refractivity contribution >= 4 is 11.6 Å². The third-order valence-electron chi connectivity index (χ3n) is 4.05. The molecule has 0 unspecified atom stereocenters. The Morgan fingerprint density at radius 2 is 1.63 bits per heavy atom. The minimum atomic E-state index is -0.377. The molecule has 1 aromatic heterocycles. The van der Waals surface area contributed by atoms with Crippen LogP contribution in [-0.4, -0.2) is 36.9 Å². The highest BCUT2D eigenvalue weighted by molar-refractivity contribution is 6.12. The smallest absolute Gasteiger partial charge is 0.203 e. The second-order valence-electron chi connectivity index (χ2n) is 5.57. The molecule has 0 radical (unpaired) electrons. The average Bonchev–Trinajstić information content (AvgIpc) is 3.08. The summed E-state index contributed by atoms with van der Waals surface area (Å²) in [6, 6.07) is 8.70. The van der Waals surface area contributed by atoms with Crippen molar-refractivity contribution in [1.82, 2.24) is 9.78 Å². The van der Waals surface area contributed by atoms with Gasteiger partial charge in [-0.15, -0.1) is 0 Å². The van der Waals surface area contributed by atoms with Crippen molar-refractivity contribution in [2.24, 2.45) is 0 Å². The molecular formula is C19H18FN3O4. The lowest BCUT2D eigenvalue weighted by Crippen LogP contribution is -2.08. The Morgan fingerprint density at radius 1 is 1.04 bits per heavy atom. The van der Waals surface area contributed by atoms with Gasteiger partial charge < -0.3 is 19.9 Å². The first-order valence-electron chi connectivity index (χ1n) is 7.94. The molecule has 3 aromatic rings. The number of ketones is 1. The number of hydrogen-bond donors (Lipinski definition) is 1. The van der Waals surface area contributed by atoms with E-state index < -0.39 is 0 Å². The summed E-state index contributed by atoms with van der Waals surface area (Å²) >= 11 is 0. The molecule has 140 valence electrons. The van der Waals surface area contributed by atoms with E-state index in [4.69, 9.17) is 19.9 Å².